The number of rotatable bonds is 1. The molecular formula is C11H23N2O+. The van der Waals surface area contributed by atoms with Gasteiger partial charge in [0.15, 0.2) is 0 Å². The number of nitrogens with zero attached hydrogens (tertiary/aromatic N) is 1. The first-order valence-corrected chi connectivity index (χ1v) is 5.58. The van der Waals surface area contributed by atoms with E-state index in [-0.39, 0.29) is 5.91 Å². The topological polar surface area (TPSA) is 29.1 Å². The normalized spacial score (nSPS) is 25.9. The van der Waals surface area contributed by atoms with Crippen LogP contribution in [0.4, 0.5) is 0 Å². The Hall–Kier alpha value is -0.570. The molecule has 1 rings (SSSR count). The SMILES string of the molecule is C[N+](C)(C)[C@@H]1CCCCCC(=O)NC1. The third-order valence-corrected chi connectivity index (χ3v) is 3.07. The summed E-state index contributed by atoms with van der Waals surface area (Å²) in [7, 11) is 6.61. The van der Waals surface area contributed by atoms with E-state index in [0.29, 0.717) is 12.5 Å². The summed E-state index contributed by atoms with van der Waals surface area (Å²) < 4.78 is 0.945. The van der Waals surface area contributed by atoms with Crippen LogP contribution in [0, 0.1) is 0 Å². The zero-order chi connectivity index (χ0) is 10.6. The van der Waals surface area contributed by atoms with Gasteiger partial charge in [0.05, 0.1) is 27.7 Å². The van der Waals surface area contributed by atoms with Crippen LogP contribution >= 0.6 is 0 Å². The predicted octanol–water partition coefficient (Wildman–Crippen LogP) is 1.14. The van der Waals surface area contributed by atoms with Crippen LogP contribution in [-0.2, 0) is 4.79 Å². The molecule has 1 N–H and O–H groups in total. The Morgan fingerprint density at radius 2 is 1.93 bits per heavy atom. The van der Waals surface area contributed by atoms with Crippen molar-refractivity contribution in [3.63, 3.8) is 0 Å². The first-order valence-electron chi connectivity index (χ1n) is 5.58. The Kier molecular flexibility index (Phi) is 3.93. The number of likely N-dealkylation sites (N-methyl/N-ethyl adjacent to an activating group) is 1. The van der Waals surface area contributed by atoms with Crippen LogP contribution in [0.1, 0.15) is 32.1 Å². The van der Waals surface area contributed by atoms with Crippen molar-refractivity contribution in [1.82, 2.24) is 5.32 Å². The van der Waals surface area contributed by atoms with Gasteiger partial charge in [-0.25, -0.2) is 0 Å². The van der Waals surface area contributed by atoms with E-state index in [9.17, 15) is 4.79 Å². The zero-order valence-electron chi connectivity index (χ0n) is 9.68. The fourth-order valence-electron chi connectivity index (χ4n) is 1.93. The van der Waals surface area contributed by atoms with E-state index in [2.05, 4.69) is 26.5 Å². The maximum absolute atomic E-state index is 11.3. The lowest BCUT2D eigenvalue weighted by molar-refractivity contribution is -0.895. The fourth-order valence-corrected chi connectivity index (χ4v) is 1.93. The number of hydrogen-bond donors (Lipinski definition) is 1. The van der Waals surface area contributed by atoms with Crippen LogP contribution in [-0.4, -0.2) is 44.1 Å². The number of carbonyl (C=O) groups excluding carboxylic acids is 1. The van der Waals surface area contributed by atoms with Crippen molar-refractivity contribution in [1.29, 1.82) is 0 Å². The minimum atomic E-state index is 0.227. The second-order valence-electron chi connectivity index (χ2n) is 5.17. The van der Waals surface area contributed by atoms with Crippen LogP contribution in [0.5, 0.6) is 0 Å². The number of nitrogens with one attached hydrogen (secondary N) is 1. The lowest BCUT2D eigenvalue weighted by atomic mass is 10.1. The van der Waals surface area contributed by atoms with Crippen LogP contribution < -0.4 is 5.32 Å². The second kappa shape index (κ2) is 4.78. The third kappa shape index (κ3) is 3.66. The molecule has 14 heavy (non-hydrogen) atoms. The Balaban J connectivity index is 2.53. The summed E-state index contributed by atoms with van der Waals surface area (Å²) >= 11 is 0. The molecule has 0 aromatic carbocycles. The highest BCUT2D eigenvalue weighted by Crippen LogP contribution is 2.14. The molecule has 1 heterocycles. The molecule has 0 bridgehead atoms. The molecule has 3 heteroatoms. The van der Waals surface area contributed by atoms with E-state index in [1.807, 2.05) is 0 Å². The molecule has 1 saturated heterocycles. The monoisotopic (exact) mass is 199 g/mol. The van der Waals surface area contributed by atoms with Gasteiger partial charge in [0.25, 0.3) is 0 Å². The minimum absolute atomic E-state index is 0.227. The molecular weight excluding hydrogens is 176 g/mol. The van der Waals surface area contributed by atoms with Crippen molar-refractivity contribution in [2.45, 2.75) is 38.1 Å². The van der Waals surface area contributed by atoms with Gasteiger partial charge in [0, 0.05) is 12.8 Å². The molecule has 0 aromatic rings. The molecule has 1 amide bonds. The van der Waals surface area contributed by atoms with Crippen LogP contribution in [0.15, 0.2) is 0 Å². The van der Waals surface area contributed by atoms with E-state index >= 15 is 0 Å². The van der Waals surface area contributed by atoms with Gasteiger partial charge >= 0.3 is 0 Å². The van der Waals surface area contributed by atoms with Gasteiger partial charge in [-0.2, -0.15) is 0 Å². The van der Waals surface area contributed by atoms with E-state index < -0.39 is 0 Å². The smallest absolute Gasteiger partial charge is 0.220 e. The first kappa shape index (κ1) is 11.5. The van der Waals surface area contributed by atoms with Crippen LogP contribution in [0.2, 0.25) is 0 Å². The molecule has 1 atom stereocenters. The predicted molar refractivity (Wildman–Crippen MR) is 57.9 cm³/mol. The van der Waals surface area contributed by atoms with E-state index in [0.717, 1.165) is 17.4 Å². The average Bonchev–Trinajstić information content (AvgIpc) is 2.15. The second-order valence-corrected chi connectivity index (χ2v) is 5.17. The van der Waals surface area contributed by atoms with Crippen molar-refractivity contribution in [2.75, 3.05) is 27.7 Å². The highest BCUT2D eigenvalue weighted by molar-refractivity contribution is 5.75. The molecule has 82 valence electrons. The maximum Gasteiger partial charge on any atom is 0.220 e. The zero-order valence-corrected chi connectivity index (χ0v) is 9.68. The molecule has 1 aliphatic heterocycles. The van der Waals surface area contributed by atoms with E-state index in [1.54, 1.807) is 0 Å². The van der Waals surface area contributed by atoms with Gasteiger partial charge in [-0.15, -0.1) is 0 Å². The Labute approximate surface area is 87.1 Å². The summed E-state index contributed by atoms with van der Waals surface area (Å²) in [5.41, 5.74) is 0. The van der Waals surface area contributed by atoms with Gasteiger partial charge in [-0.1, -0.05) is 6.42 Å². The minimum Gasteiger partial charge on any atom is -0.350 e. The van der Waals surface area contributed by atoms with Gasteiger partial charge in [-0.3, -0.25) is 4.79 Å². The molecule has 1 fully saturated rings. The summed E-state index contributed by atoms with van der Waals surface area (Å²) in [6.45, 7) is 0.836. The van der Waals surface area contributed by atoms with Crippen molar-refractivity contribution >= 4 is 5.91 Å². The van der Waals surface area contributed by atoms with Crippen molar-refractivity contribution in [3.05, 3.63) is 0 Å². The number of quaternary nitrogens is 1. The quantitative estimate of drug-likeness (QED) is 0.630. The molecule has 0 unspecified atom stereocenters. The summed E-state index contributed by atoms with van der Waals surface area (Å²) in [5.74, 6) is 0.227. The van der Waals surface area contributed by atoms with Gasteiger partial charge in [0.1, 0.15) is 6.04 Å². The van der Waals surface area contributed by atoms with Gasteiger partial charge in [-0.05, 0) is 12.8 Å². The molecule has 0 spiro atoms. The number of amides is 1. The first-order chi connectivity index (χ1) is 6.50. The van der Waals surface area contributed by atoms with E-state index in [1.165, 1.54) is 19.3 Å². The lowest BCUT2D eigenvalue weighted by Crippen LogP contribution is -2.50. The molecule has 3 nitrogen and oxygen atoms in total. The van der Waals surface area contributed by atoms with Crippen molar-refractivity contribution < 1.29 is 9.28 Å². The van der Waals surface area contributed by atoms with E-state index in [4.69, 9.17) is 0 Å². The third-order valence-electron chi connectivity index (χ3n) is 3.07. The van der Waals surface area contributed by atoms with Gasteiger partial charge in [0.2, 0.25) is 5.91 Å². The van der Waals surface area contributed by atoms with Crippen LogP contribution in [0.3, 0.4) is 0 Å². The Morgan fingerprint density at radius 1 is 1.21 bits per heavy atom. The standard InChI is InChI=1S/C11H22N2O/c1-13(2,3)10-7-5-4-6-8-11(14)12-9-10/h10H,4-9H2,1-3H3/p+1/t10-/m1/s1. The van der Waals surface area contributed by atoms with Crippen molar-refractivity contribution in [3.8, 4) is 0 Å². The van der Waals surface area contributed by atoms with Gasteiger partial charge < -0.3 is 9.80 Å². The molecule has 1 aliphatic rings. The number of carbonyl (C=O) groups is 1. The average molecular weight is 199 g/mol. The molecule has 0 aliphatic carbocycles. The lowest BCUT2D eigenvalue weighted by Gasteiger charge is -2.34. The van der Waals surface area contributed by atoms with Crippen LogP contribution in [0.25, 0.3) is 0 Å². The molecule has 0 radical (unpaired) electrons. The summed E-state index contributed by atoms with van der Waals surface area (Å²) in [5, 5.41) is 3.03. The van der Waals surface area contributed by atoms with Crippen molar-refractivity contribution in [2.24, 2.45) is 0 Å². The highest BCUT2D eigenvalue weighted by atomic mass is 16.1. The largest absolute Gasteiger partial charge is 0.350 e. The Morgan fingerprint density at radius 3 is 2.57 bits per heavy atom. The summed E-state index contributed by atoms with van der Waals surface area (Å²) in [6, 6.07) is 0.567. The number of hydrogen-bond acceptors (Lipinski definition) is 1. The molecule has 0 aromatic heterocycles. The molecule has 0 saturated carbocycles. The summed E-state index contributed by atoms with van der Waals surface area (Å²) in [4.78, 5) is 11.3. The highest BCUT2D eigenvalue weighted by Gasteiger charge is 2.24. The fraction of sp³-hybridized carbons (Fsp3) is 0.909. The maximum atomic E-state index is 11.3. The summed E-state index contributed by atoms with van der Waals surface area (Å²) in [6.07, 6.45) is 5.45. The Bertz CT molecular complexity index is 196.